The van der Waals surface area contributed by atoms with Gasteiger partial charge in [-0.2, -0.15) is 0 Å². The first-order chi connectivity index (χ1) is 14.0. The van der Waals surface area contributed by atoms with Gasteiger partial charge in [0.15, 0.2) is 5.76 Å². The van der Waals surface area contributed by atoms with E-state index in [0.717, 1.165) is 30.7 Å². The quantitative estimate of drug-likeness (QED) is 0.735. The van der Waals surface area contributed by atoms with E-state index in [2.05, 4.69) is 5.32 Å². The van der Waals surface area contributed by atoms with Gasteiger partial charge in [0.25, 0.3) is 5.91 Å². The van der Waals surface area contributed by atoms with E-state index < -0.39 is 0 Å². The molecule has 2 heterocycles. The summed E-state index contributed by atoms with van der Waals surface area (Å²) in [5.41, 5.74) is 2.63. The lowest BCUT2D eigenvalue weighted by atomic mass is 10.1. The third-order valence-corrected chi connectivity index (χ3v) is 5.03. The second-order valence-electron chi connectivity index (χ2n) is 7.43. The SMILES string of the molecule is CCC(=O)N(Cc1cc(NC(=O)c2ccco2)ccc1N(C)C)C[C@@H]1CCCO1. The van der Waals surface area contributed by atoms with Crippen LogP contribution in [0.25, 0.3) is 0 Å². The number of benzene rings is 1. The topological polar surface area (TPSA) is 75.0 Å². The lowest BCUT2D eigenvalue weighted by molar-refractivity contribution is -0.133. The molecule has 0 spiro atoms. The van der Waals surface area contributed by atoms with E-state index in [4.69, 9.17) is 9.15 Å². The van der Waals surface area contributed by atoms with Gasteiger partial charge >= 0.3 is 0 Å². The number of nitrogens with one attached hydrogen (secondary N) is 1. The summed E-state index contributed by atoms with van der Waals surface area (Å²) < 4.78 is 10.9. The van der Waals surface area contributed by atoms with Crippen LogP contribution in [0.4, 0.5) is 11.4 Å². The Balaban J connectivity index is 1.81. The molecule has 0 saturated carbocycles. The predicted molar refractivity (Wildman–Crippen MR) is 112 cm³/mol. The number of hydrogen-bond acceptors (Lipinski definition) is 5. The minimum absolute atomic E-state index is 0.0927. The fourth-order valence-corrected chi connectivity index (χ4v) is 3.54. The first-order valence-electron chi connectivity index (χ1n) is 10.0. The number of rotatable bonds is 8. The Labute approximate surface area is 171 Å². The molecule has 1 aliphatic heterocycles. The zero-order valence-corrected chi connectivity index (χ0v) is 17.3. The average molecular weight is 399 g/mol. The highest BCUT2D eigenvalue weighted by atomic mass is 16.5. The van der Waals surface area contributed by atoms with Crippen LogP contribution in [0.3, 0.4) is 0 Å². The number of nitrogens with zero attached hydrogens (tertiary/aromatic N) is 2. The van der Waals surface area contributed by atoms with Gasteiger partial charge in [-0.05, 0) is 48.7 Å². The zero-order chi connectivity index (χ0) is 20.8. The Kier molecular flexibility index (Phi) is 6.93. The third kappa shape index (κ3) is 5.38. The molecule has 1 aromatic heterocycles. The molecule has 1 fully saturated rings. The third-order valence-electron chi connectivity index (χ3n) is 5.03. The number of carbonyl (C=O) groups is 2. The maximum absolute atomic E-state index is 12.6. The molecular formula is C22H29N3O4. The number of amides is 2. The second kappa shape index (κ2) is 9.60. The van der Waals surface area contributed by atoms with Crippen molar-refractivity contribution in [2.75, 3.05) is 37.5 Å². The second-order valence-corrected chi connectivity index (χ2v) is 7.43. The minimum Gasteiger partial charge on any atom is -0.459 e. The molecule has 7 heteroatoms. The van der Waals surface area contributed by atoms with Gasteiger partial charge in [-0.15, -0.1) is 0 Å². The highest BCUT2D eigenvalue weighted by Crippen LogP contribution is 2.26. The molecule has 3 rings (SSSR count). The van der Waals surface area contributed by atoms with Crippen LogP contribution in [-0.2, 0) is 16.1 Å². The standard InChI is InChI=1S/C22H29N3O4/c1-4-21(26)25(15-18-7-5-11-28-18)14-16-13-17(9-10-19(16)24(2)3)23-22(27)20-8-6-12-29-20/h6,8-10,12-13,18H,4-5,7,11,14-15H2,1-3H3,(H,23,27)/t18-/m0/s1. The summed E-state index contributed by atoms with van der Waals surface area (Å²) in [6, 6.07) is 9.02. The largest absolute Gasteiger partial charge is 0.459 e. The van der Waals surface area contributed by atoms with Crippen molar-refractivity contribution < 1.29 is 18.7 Å². The maximum atomic E-state index is 12.6. The average Bonchev–Trinajstić information content (AvgIpc) is 3.41. The van der Waals surface area contributed by atoms with Crippen LogP contribution < -0.4 is 10.2 Å². The van der Waals surface area contributed by atoms with Crippen molar-refractivity contribution in [3.63, 3.8) is 0 Å². The first kappa shape index (κ1) is 20.9. The van der Waals surface area contributed by atoms with Crippen LogP contribution in [0, 0.1) is 0 Å². The fraction of sp³-hybridized carbons (Fsp3) is 0.455. The molecule has 0 bridgehead atoms. The zero-order valence-electron chi connectivity index (χ0n) is 17.3. The maximum Gasteiger partial charge on any atom is 0.291 e. The van der Waals surface area contributed by atoms with Crippen LogP contribution in [0.1, 0.15) is 42.3 Å². The van der Waals surface area contributed by atoms with E-state index in [1.54, 1.807) is 12.1 Å². The molecule has 0 radical (unpaired) electrons. The molecule has 2 aromatic rings. The van der Waals surface area contributed by atoms with E-state index in [-0.39, 0.29) is 23.7 Å². The van der Waals surface area contributed by atoms with Crippen molar-refractivity contribution in [3.05, 3.63) is 47.9 Å². The Morgan fingerprint density at radius 2 is 2.07 bits per heavy atom. The van der Waals surface area contributed by atoms with E-state index in [1.807, 2.05) is 49.0 Å². The van der Waals surface area contributed by atoms with Gasteiger partial charge in [0, 0.05) is 51.6 Å². The number of hydrogen-bond donors (Lipinski definition) is 1. The van der Waals surface area contributed by atoms with Crippen molar-refractivity contribution in [2.24, 2.45) is 0 Å². The monoisotopic (exact) mass is 399 g/mol. The van der Waals surface area contributed by atoms with Gasteiger partial charge in [0.05, 0.1) is 12.4 Å². The molecule has 1 aromatic carbocycles. The van der Waals surface area contributed by atoms with Crippen LogP contribution in [0.2, 0.25) is 0 Å². The van der Waals surface area contributed by atoms with Crippen LogP contribution in [0.15, 0.2) is 41.0 Å². The molecule has 0 unspecified atom stereocenters. The molecule has 0 aliphatic carbocycles. The number of anilines is 2. The summed E-state index contributed by atoms with van der Waals surface area (Å²) >= 11 is 0. The van der Waals surface area contributed by atoms with Gasteiger partial charge < -0.3 is 24.3 Å². The molecule has 7 nitrogen and oxygen atoms in total. The van der Waals surface area contributed by atoms with E-state index in [1.165, 1.54) is 6.26 Å². The summed E-state index contributed by atoms with van der Waals surface area (Å²) in [7, 11) is 3.93. The summed E-state index contributed by atoms with van der Waals surface area (Å²) in [5.74, 6) is 0.0408. The smallest absolute Gasteiger partial charge is 0.291 e. The molecule has 1 saturated heterocycles. The molecule has 1 aliphatic rings. The first-order valence-corrected chi connectivity index (χ1v) is 10.0. The number of furan rings is 1. The summed E-state index contributed by atoms with van der Waals surface area (Å²) in [6.07, 6.45) is 4.02. The van der Waals surface area contributed by atoms with Crippen LogP contribution >= 0.6 is 0 Å². The van der Waals surface area contributed by atoms with E-state index in [9.17, 15) is 9.59 Å². The lowest BCUT2D eigenvalue weighted by Gasteiger charge is -2.28. The van der Waals surface area contributed by atoms with Gasteiger partial charge in [0.1, 0.15) is 0 Å². The van der Waals surface area contributed by atoms with Gasteiger partial charge in [0.2, 0.25) is 5.91 Å². The van der Waals surface area contributed by atoms with Crippen LogP contribution in [-0.4, -0.2) is 50.1 Å². The Hall–Kier alpha value is -2.80. The highest BCUT2D eigenvalue weighted by molar-refractivity contribution is 6.02. The Morgan fingerprint density at radius 3 is 2.69 bits per heavy atom. The summed E-state index contributed by atoms with van der Waals surface area (Å²) in [4.78, 5) is 28.8. The van der Waals surface area contributed by atoms with Gasteiger partial charge in [-0.25, -0.2) is 0 Å². The van der Waals surface area contributed by atoms with Crippen molar-refractivity contribution >= 4 is 23.2 Å². The van der Waals surface area contributed by atoms with Crippen molar-refractivity contribution in [2.45, 2.75) is 38.8 Å². The summed E-state index contributed by atoms with van der Waals surface area (Å²) in [5, 5.41) is 2.86. The van der Waals surface area contributed by atoms with E-state index in [0.29, 0.717) is 25.2 Å². The molecule has 156 valence electrons. The van der Waals surface area contributed by atoms with Crippen molar-refractivity contribution in [1.29, 1.82) is 0 Å². The molecule has 1 atom stereocenters. The molecule has 29 heavy (non-hydrogen) atoms. The van der Waals surface area contributed by atoms with E-state index >= 15 is 0 Å². The number of carbonyl (C=O) groups excluding carboxylic acids is 2. The van der Waals surface area contributed by atoms with Crippen LogP contribution in [0.5, 0.6) is 0 Å². The van der Waals surface area contributed by atoms with Crippen molar-refractivity contribution in [3.8, 4) is 0 Å². The van der Waals surface area contributed by atoms with Crippen molar-refractivity contribution in [1.82, 2.24) is 4.90 Å². The predicted octanol–water partition coefficient (Wildman–Crippen LogP) is 3.52. The molecule has 2 amide bonds. The molecular weight excluding hydrogens is 370 g/mol. The molecule has 1 N–H and O–H groups in total. The summed E-state index contributed by atoms with van der Waals surface area (Å²) in [6.45, 7) is 3.68. The Bertz CT molecular complexity index is 827. The Morgan fingerprint density at radius 1 is 1.24 bits per heavy atom. The lowest BCUT2D eigenvalue weighted by Crippen LogP contribution is -2.36. The normalized spacial score (nSPS) is 15.9. The fourth-order valence-electron chi connectivity index (χ4n) is 3.54. The minimum atomic E-state index is -0.306. The van der Waals surface area contributed by atoms with Gasteiger partial charge in [-0.3, -0.25) is 9.59 Å². The number of ether oxygens (including phenoxy) is 1. The van der Waals surface area contributed by atoms with Gasteiger partial charge in [-0.1, -0.05) is 6.92 Å². The highest BCUT2D eigenvalue weighted by Gasteiger charge is 2.23.